The Morgan fingerprint density at radius 2 is 1.72 bits per heavy atom. The van der Waals surface area contributed by atoms with Gasteiger partial charge in [-0.15, -0.1) is 0 Å². The average molecular weight is 812 g/mol. The number of ketones is 2. The highest BCUT2D eigenvalue weighted by Gasteiger charge is 2.60. The number of unbranched alkanes of at least 4 members (excludes halogenated alkanes) is 1. The first-order valence-corrected chi connectivity index (χ1v) is 20.8. The third kappa shape index (κ3) is 9.33. The number of hydrogen-bond donors (Lipinski definition) is 1. The van der Waals surface area contributed by atoms with Crippen molar-refractivity contribution in [2.24, 2.45) is 23.7 Å². The van der Waals surface area contributed by atoms with Crippen LogP contribution in [0.4, 0.5) is 4.79 Å². The van der Waals surface area contributed by atoms with Gasteiger partial charge in [0.2, 0.25) is 0 Å². The Bertz CT molecular complexity index is 1740. The van der Waals surface area contributed by atoms with Gasteiger partial charge in [-0.1, -0.05) is 27.7 Å². The van der Waals surface area contributed by atoms with Crippen LogP contribution < -0.4 is 0 Å². The largest absolute Gasteiger partial charge is 0.458 e. The SMILES string of the molecule is CC[C@H]1OC(=O)[C@H](C)C(=O)[C@H](C)[C@@H](O[C@@H]2O[C@H](C)C[C@H](N(C)C)[C@H]2O)[C@@](C)(OC)C[C@@H](C)C(=O)[C@@H](C)[C@H]2N(CCCCn3cnc(-c4cccnc4)c3)C(=O)O[C@]12C. The van der Waals surface area contributed by atoms with E-state index in [4.69, 9.17) is 23.7 Å². The predicted octanol–water partition coefficient (Wildman–Crippen LogP) is 4.93. The molecule has 0 saturated carbocycles. The lowest BCUT2D eigenvalue weighted by molar-refractivity contribution is -0.295. The molecular weight excluding hydrogens is 746 g/mol. The number of carbonyl (C=O) groups is 4. The Hall–Kier alpha value is -3.76. The number of imidazole rings is 1. The smallest absolute Gasteiger partial charge is 0.410 e. The molecule has 0 unspecified atom stereocenters. The summed E-state index contributed by atoms with van der Waals surface area (Å²) >= 11 is 0. The summed E-state index contributed by atoms with van der Waals surface area (Å²) < 4.78 is 33.2. The van der Waals surface area contributed by atoms with Gasteiger partial charge in [-0.05, 0) is 86.0 Å². The molecule has 5 heterocycles. The van der Waals surface area contributed by atoms with E-state index in [1.165, 1.54) is 14.0 Å². The number of carbonyl (C=O) groups excluding carboxylic acids is 4. The first kappa shape index (κ1) is 45.3. The van der Waals surface area contributed by atoms with Crippen molar-refractivity contribution in [1.29, 1.82) is 0 Å². The van der Waals surface area contributed by atoms with E-state index < -0.39 is 83.4 Å². The number of amides is 1. The quantitative estimate of drug-likeness (QED) is 0.184. The molecule has 58 heavy (non-hydrogen) atoms. The lowest BCUT2D eigenvalue weighted by atomic mass is 9.73. The molecule has 2 aromatic heterocycles. The number of Topliss-reactive ketones (excluding diaryl/α,β-unsaturated/α-hetero) is 2. The van der Waals surface area contributed by atoms with Crippen LogP contribution in [0.5, 0.6) is 0 Å². The number of aliphatic hydroxyl groups is 1. The number of nitrogens with zero attached hydrogens (tertiary/aromatic N) is 5. The van der Waals surface area contributed by atoms with Crippen molar-refractivity contribution < 1.29 is 48.0 Å². The summed E-state index contributed by atoms with van der Waals surface area (Å²) in [7, 11) is 5.24. The predicted molar refractivity (Wildman–Crippen MR) is 214 cm³/mol. The minimum Gasteiger partial charge on any atom is -0.458 e. The summed E-state index contributed by atoms with van der Waals surface area (Å²) in [5.74, 6) is -4.95. The number of aliphatic hydroxyl groups excluding tert-OH is 1. The van der Waals surface area contributed by atoms with Gasteiger partial charge in [0, 0.05) is 68.1 Å². The molecule has 3 saturated heterocycles. The van der Waals surface area contributed by atoms with Gasteiger partial charge in [0.05, 0.1) is 35.9 Å². The molecule has 0 aliphatic carbocycles. The van der Waals surface area contributed by atoms with Crippen molar-refractivity contribution in [3.63, 3.8) is 0 Å². The van der Waals surface area contributed by atoms with Crippen LogP contribution in [-0.4, -0.2) is 135 Å². The van der Waals surface area contributed by atoms with Crippen molar-refractivity contribution in [1.82, 2.24) is 24.3 Å². The van der Waals surface area contributed by atoms with Crippen LogP contribution in [0.15, 0.2) is 37.1 Å². The molecule has 2 aromatic rings. The molecule has 0 spiro atoms. The van der Waals surface area contributed by atoms with E-state index in [0.29, 0.717) is 32.4 Å². The van der Waals surface area contributed by atoms with Gasteiger partial charge in [-0.25, -0.2) is 9.78 Å². The number of likely N-dealkylation sites (N-methyl/N-ethyl adjacent to an activating group) is 1. The molecule has 0 radical (unpaired) electrons. The summed E-state index contributed by atoms with van der Waals surface area (Å²) in [6, 6.07) is 2.74. The lowest BCUT2D eigenvalue weighted by Crippen LogP contribution is -2.60. The van der Waals surface area contributed by atoms with Crippen LogP contribution in [0.3, 0.4) is 0 Å². The molecule has 1 amide bonds. The zero-order chi connectivity index (χ0) is 42.7. The van der Waals surface area contributed by atoms with Crippen LogP contribution in [-0.2, 0) is 44.6 Å². The fourth-order valence-corrected chi connectivity index (χ4v) is 9.43. The minimum atomic E-state index is -1.40. The van der Waals surface area contributed by atoms with Gasteiger partial charge in [0.25, 0.3) is 0 Å². The second kappa shape index (κ2) is 18.7. The van der Waals surface area contributed by atoms with Gasteiger partial charge in [-0.3, -0.25) is 19.4 Å². The number of hydrogen-bond acceptors (Lipinski definition) is 13. The fourth-order valence-electron chi connectivity index (χ4n) is 9.43. The van der Waals surface area contributed by atoms with Crippen LogP contribution in [0, 0.1) is 23.7 Å². The number of aromatic nitrogens is 3. The van der Waals surface area contributed by atoms with Gasteiger partial charge in [-0.2, -0.15) is 0 Å². The van der Waals surface area contributed by atoms with Gasteiger partial charge < -0.3 is 43.2 Å². The summed E-state index contributed by atoms with van der Waals surface area (Å²) in [5.41, 5.74) is -0.938. The van der Waals surface area contributed by atoms with E-state index in [1.807, 2.05) is 62.7 Å². The Labute approximate surface area is 343 Å². The van der Waals surface area contributed by atoms with Crippen molar-refractivity contribution in [2.45, 2.75) is 148 Å². The summed E-state index contributed by atoms with van der Waals surface area (Å²) in [6.45, 7) is 14.9. The van der Waals surface area contributed by atoms with E-state index in [2.05, 4.69) is 9.97 Å². The van der Waals surface area contributed by atoms with Crippen LogP contribution in [0.1, 0.15) is 87.5 Å². The van der Waals surface area contributed by atoms with Crippen LogP contribution >= 0.6 is 0 Å². The zero-order valence-corrected chi connectivity index (χ0v) is 36.1. The lowest BCUT2D eigenvalue weighted by Gasteiger charge is -2.47. The average Bonchev–Trinajstić information content (AvgIpc) is 3.78. The maximum absolute atomic E-state index is 14.7. The molecule has 13 atom stereocenters. The number of methoxy groups -OCH3 is 1. The molecule has 1 N–H and O–H groups in total. The molecule has 15 heteroatoms. The zero-order valence-electron chi connectivity index (χ0n) is 36.1. The van der Waals surface area contributed by atoms with Crippen molar-refractivity contribution in [3.8, 4) is 11.3 Å². The second-order valence-electron chi connectivity index (χ2n) is 17.3. The number of cyclic esters (lactones) is 1. The normalized spacial score (nSPS) is 36.7. The Kier molecular flexibility index (Phi) is 14.6. The Morgan fingerprint density at radius 1 is 1.02 bits per heavy atom. The van der Waals surface area contributed by atoms with E-state index in [1.54, 1.807) is 51.3 Å². The number of fused-ring (bicyclic) bond motifs is 1. The molecule has 322 valence electrons. The fraction of sp³-hybridized carbons (Fsp3) is 0.721. The maximum Gasteiger partial charge on any atom is 0.410 e. The molecule has 3 fully saturated rings. The number of pyridine rings is 1. The monoisotopic (exact) mass is 811 g/mol. The highest BCUT2D eigenvalue weighted by molar-refractivity contribution is 6.00. The number of esters is 1. The van der Waals surface area contributed by atoms with Crippen molar-refractivity contribution >= 4 is 23.6 Å². The van der Waals surface area contributed by atoms with Gasteiger partial charge >= 0.3 is 12.1 Å². The highest BCUT2D eigenvalue weighted by atomic mass is 16.7. The molecule has 0 bridgehead atoms. The second-order valence-corrected chi connectivity index (χ2v) is 17.3. The van der Waals surface area contributed by atoms with Crippen LogP contribution in [0.25, 0.3) is 11.3 Å². The highest BCUT2D eigenvalue weighted by Crippen LogP contribution is 2.43. The third-order valence-corrected chi connectivity index (χ3v) is 12.8. The van der Waals surface area contributed by atoms with E-state index in [9.17, 15) is 24.3 Å². The Morgan fingerprint density at radius 3 is 2.36 bits per heavy atom. The van der Waals surface area contributed by atoms with E-state index in [-0.39, 0.29) is 30.8 Å². The first-order chi connectivity index (χ1) is 27.4. The maximum atomic E-state index is 14.7. The molecular formula is C43H65N5O10. The Balaban J connectivity index is 1.43. The van der Waals surface area contributed by atoms with Crippen molar-refractivity contribution in [2.75, 3.05) is 27.7 Å². The summed E-state index contributed by atoms with van der Waals surface area (Å²) in [6.07, 6.45) is 4.45. The van der Waals surface area contributed by atoms with Gasteiger partial charge in [0.1, 0.15) is 23.9 Å². The molecule has 15 nitrogen and oxygen atoms in total. The van der Waals surface area contributed by atoms with Crippen LogP contribution in [0.2, 0.25) is 0 Å². The molecule has 3 aliphatic rings. The summed E-state index contributed by atoms with van der Waals surface area (Å²) in [4.78, 5) is 69.0. The number of ether oxygens (including phenoxy) is 5. The van der Waals surface area contributed by atoms with Gasteiger partial charge in [0.15, 0.2) is 17.7 Å². The van der Waals surface area contributed by atoms with E-state index in [0.717, 1.165) is 11.3 Å². The first-order valence-electron chi connectivity index (χ1n) is 20.8. The topological polar surface area (TPSA) is 172 Å². The van der Waals surface area contributed by atoms with E-state index >= 15 is 0 Å². The standard InChI is InChI=1S/C43H65N5O10/c1-12-33-43(8)37(48(41(53)58-43)19-14-13-18-47-23-31(45-24-47)30-16-15-17-44-22-30)27(4)34(49)25(2)21-42(7,54-11)38(28(5)35(50)29(6)39(52)56-33)57-40-36(51)32(46(9)10)20-26(3)55-40/h15-17,22-29,32-33,36-38,40,51H,12-14,18-21H2,1-11H3/t25-,26-,27-,28+,29-,32+,33-,36-,37-,38-,40+,42+,43-/m1/s1. The van der Waals surface area contributed by atoms with Crippen molar-refractivity contribution in [3.05, 3.63) is 37.1 Å². The molecule has 5 rings (SSSR count). The molecule has 3 aliphatic heterocycles. The minimum absolute atomic E-state index is 0.130. The number of rotatable bonds is 11. The number of aryl methyl sites for hydroxylation is 1. The summed E-state index contributed by atoms with van der Waals surface area (Å²) in [5, 5.41) is 11.4. The molecule has 0 aromatic carbocycles. The third-order valence-electron chi connectivity index (χ3n) is 12.8.